The van der Waals surface area contributed by atoms with E-state index >= 15 is 0 Å². The first-order valence-electron chi connectivity index (χ1n) is 6.57. The predicted molar refractivity (Wildman–Crippen MR) is 75.2 cm³/mol. The maximum atomic E-state index is 12.2. The number of rotatable bonds is 3. The fourth-order valence-electron chi connectivity index (χ4n) is 2.45. The third-order valence-electron chi connectivity index (χ3n) is 3.93. The van der Waals surface area contributed by atoms with E-state index in [0.717, 1.165) is 19.0 Å². The molecule has 0 saturated carbocycles. The molecule has 1 saturated heterocycles. The summed E-state index contributed by atoms with van der Waals surface area (Å²) in [6.45, 7) is 7.12. The molecule has 0 bridgehead atoms. The molecule has 3 heteroatoms. The Bertz CT molecular complexity index is 432. The van der Waals surface area contributed by atoms with Crippen molar-refractivity contribution in [3.63, 3.8) is 0 Å². The van der Waals surface area contributed by atoms with Crippen LogP contribution in [-0.2, 0) is 0 Å². The largest absolute Gasteiger partial charge is 0.296 e. The Balaban J connectivity index is 1.96. The van der Waals surface area contributed by atoms with Gasteiger partial charge in [0.25, 0.3) is 0 Å². The minimum atomic E-state index is 0.166. The molecular formula is C15H20ClNO. The molecule has 1 aliphatic rings. The molecule has 0 aromatic heterocycles. The lowest BCUT2D eigenvalue weighted by molar-refractivity contribution is 0.0849. The summed E-state index contributed by atoms with van der Waals surface area (Å²) in [5, 5.41) is 0.626. The molecule has 0 radical (unpaired) electrons. The van der Waals surface area contributed by atoms with E-state index in [1.807, 2.05) is 12.1 Å². The summed E-state index contributed by atoms with van der Waals surface area (Å²) in [6, 6.07) is 7.21. The molecule has 1 fully saturated rings. The number of hydrogen-bond acceptors (Lipinski definition) is 2. The van der Waals surface area contributed by atoms with Gasteiger partial charge in [-0.2, -0.15) is 0 Å². The Hall–Kier alpha value is -0.860. The number of nitrogens with zero attached hydrogens (tertiary/aromatic N) is 1. The van der Waals surface area contributed by atoms with Gasteiger partial charge in [-0.1, -0.05) is 37.6 Å². The second kappa shape index (κ2) is 5.85. The SMILES string of the molecule is CC1CCN(CC(=O)c2cccc(Cl)c2)CC1C. The summed E-state index contributed by atoms with van der Waals surface area (Å²) in [5.74, 6) is 1.60. The summed E-state index contributed by atoms with van der Waals surface area (Å²) >= 11 is 5.91. The molecule has 1 heterocycles. The average molecular weight is 266 g/mol. The zero-order valence-corrected chi connectivity index (χ0v) is 11.8. The monoisotopic (exact) mass is 265 g/mol. The summed E-state index contributed by atoms with van der Waals surface area (Å²) < 4.78 is 0. The summed E-state index contributed by atoms with van der Waals surface area (Å²) in [7, 11) is 0. The lowest BCUT2D eigenvalue weighted by Crippen LogP contribution is -2.41. The maximum absolute atomic E-state index is 12.2. The van der Waals surface area contributed by atoms with Gasteiger partial charge in [0, 0.05) is 17.1 Å². The highest BCUT2D eigenvalue weighted by Crippen LogP contribution is 2.22. The van der Waals surface area contributed by atoms with Crippen molar-refractivity contribution in [2.45, 2.75) is 20.3 Å². The number of hydrogen-bond donors (Lipinski definition) is 0. The van der Waals surface area contributed by atoms with Gasteiger partial charge < -0.3 is 0 Å². The second-order valence-electron chi connectivity index (χ2n) is 5.41. The topological polar surface area (TPSA) is 20.3 Å². The fraction of sp³-hybridized carbons (Fsp3) is 0.533. The van der Waals surface area contributed by atoms with Crippen molar-refractivity contribution in [1.82, 2.24) is 4.90 Å². The predicted octanol–water partition coefficient (Wildman–Crippen LogP) is 3.50. The van der Waals surface area contributed by atoms with Gasteiger partial charge >= 0.3 is 0 Å². The van der Waals surface area contributed by atoms with Crippen molar-refractivity contribution in [3.8, 4) is 0 Å². The third-order valence-corrected chi connectivity index (χ3v) is 4.17. The lowest BCUT2D eigenvalue weighted by Gasteiger charge is -2.34. The lowest BCUT2D eigenvalue weighted by atomic mass is 9.88. The number of piperidine rings is 1. The van der Waals surface area contributed by atoms with Crippen LogP contribution < -0.4 is 0 Å². The molecular weight excluding hydrogens is 246 g/mol. The Morgan fingerprint density at radius 2 is 2.17 bits per heavy atom. The number of likely N-dealkylation sites (tertiary alicyclic amines) is 1. The standard InChI is InChI=1S/C15H20ClNO/c1-11-6-7-17(9-12(11)2)10-15(18)13-4-3-5-14(16)8-13/h3-5,8,11-12H,6-7,9-10H2,1-2H3. The molecule has 18 heavy (non-hydrogen) atoms. The van der Waals surface area contributed by atoms with Gasteiger partial charge in [-0.3, -0.25) is 9.69 Å². The number of halogens is 1. The van der Waals surface area contributed by atoms with Gasteiger partial charge in [0.05, 0.1) is 6.54 Å². The fourth-order valence-corrected chi connectivity index (χ4v) is 2.64. The van der Waals surface area contributed by atoms with E-state index in [0.29, 0.717) is 23.0 Å². The Kier molecular flexibility index (Phi) is 4.41. The van der Waals surface area contributed by atoms with Crippen LogP contribution >= 0.6 is 11.6 Å². The van der Waals surface area contributed by atoms with Gasteiger partial charge in [0.2, 0.25) is 0 Å². The van der Waals surface area contributed by atoms with Gasteiger partial charge in [0.1, 0.15) is 0 Å². The smallest absolute Gasteiger partial charge is 0.176 e. The van der Waals surface area contributed by atoms with Crippen LogP contribution in [0.15, 0.2) is 24.3 Å². The summed E-state index contributed by atoms with van der Waals surface area (Å²) in [6.07, 6.45) is 1.18. The molecule has 2 unspecified atom stereocenters. The highest BCUT2D eigenvalue weighted by molar-refractivity contribution is 6.31. The molecule has 2 rings (SSSR count). The van der Waals surface area contributed by atoms with E-state index in [4.69, 9.17) is 11.6 Å². The van der Waals surface area contributed by atoms with Crippen LogP contribution in [0.25, 0.3) is 0 Å². The van der Waals surface area contributed by atoms with Gasteiger partial charge in [-0.05, 0) is 36.9 Å². The van der Waals surface area contributed by atoms with Crippen molar-refractivity contribution in [2.75, 3.05) is 19.6 Å². The first kappa shape index (κ1) is 13.6. The van der Waals surface area contributed by atoms with Crippen molar-refractivity contribution in [1.29, 1.82) is 0 Å². The first-order chi connectivity index (χ1) is 8.56. The van der Waals surface area contributed by atoms with E-state index in [1.54, 1.807) is 12.1 Å². The first-order valence-corrected chi connectivity index (χ1v) is 6.95. The van der Waals surface area contributed by atoms with E-state index in [2.05, 4.69) is 18.7 Å². The molecule has 0 amide bonds. The molecule has 0 aliphatic carbocycles. The van der Waals surface area contributed by atoms with Crippen molar-refractivity contribution in [3.05, 3.63) is 34.9 Å². The van der Waals surface area contributed by atoms with Crippen molar-refractivity contribution in [2.24, 2.45) is 11.8 Å². The van der Waals surface area contributed by atoms with Crippen LogP contribution in [0.2, 0.25) is 5.02 Å². The number of carbonyl (C=O) groups is 1. The van der Waals surface area contributed by atoms with E-state index in [9.17, 15) is 4.79 Å². The van der Waals surface area contributed by atoms with Crippen LogP contribution in [-0.4, -0.2) is 30.3 Å². The zero-order chi connectivity index (χ0) is 13.1. The van der Waals surface area contributed by atoms with Gasteiger partial charge in [-0.25, -0.2) is 0 Å². The number of benzene rings is 1. The van der Waals surface area contributed by atoms with Crippen LogP contribution in [0.3, 0.4) is 0 Å². The number of Topliss-reactive ketones (excluding diaryl/α,β-unsaturated/α-hetero) is 1. The highest BCUT2D eigenvalue weighted by atomic mass is 35.5. The van der Waals surface area contributed by atoms with Crippen molar-refractivity contribution >= 4 is 17.4 Å². The van der Waals surface area contributed by atoms with Crippen LogP contribution in [0.4, 0.5) is 0 Å². The molecule has 98 valence electrons. The van der Waals surface area contributed by atoms with E-state index < -0.39 is 0 Å². The van der Waals surface area contributed by atoms with E-state index in [-0.39, 0.29) is 5.78 Å². The normalized spacial score (nSPS) is 25.1. The average Bonchev–Trinajstić information content (AvgIpc) is 2.34. The maximum Gasteiger partial charge on any atom is 0.176 e. The molecule has 0 spiro atoms. The minimum absolute atomic E-state index is 0.166. The van der Waals surface area contributed by atoms with Gasteiger partial charge in [-0.15, -0.1) is 0 Å². The zero-order valence-electron chi connectivity index (χ0n) is 11.0. The summed E-state index contributed by atoms with van der Waals surface area (Å²) in [5.41, 5.74) is 0.716. The molecule has 0 N–H and O–H groups in total. The number of ketones is 1. The van der Waals surface area contributed by atoms with Crippen molar-refractivity contribution < 1.29 is 4.79 Å². The summed E-state index contributed by atoms with van der Waals surface area (Å²) in [4.78, 5) is 14.4. The molecule has 2 nitrogen and oxygen atoms in total. The quantitative estimate of drug-likeness (QED) is 0.780. The van der Waals surface area contributed by atoms with Crippen LogP contribution in [0.5, 0.6) is 0 Å². The molecule has 1 aliphatic heterocycles. The second-order valence-corrected chi connectivity index (χ2v) is 5.85. The molecule has 2 atom stereocenters. The van der Waals surface area contributed by atoms with Crippen LogP contribution in [0, 0.1) is 11.8 Å². The highest BCUT2D eigenvalue weighted by Gasteiger charge is 2.24. The Morgan fingerprint density at radius 1 is 1.39 bits per heavy atom. The molecule has 1 aromatic rings. The third kappa shape index (κ3) is 3.33. The van der Waals surface area contributed by atoms with Gasteiger partial charge in [0.15, 0.2) is 5.78 Å². The van der Waals surface area contributed by atoms with Crippen LogP contribution in [0.1, 0.15) is 30.6 Å². The van der Waals surface area contributed by atoms with E-state index in [1.165, 1.54) is 6.42 Å². The Morgan fingerprint density at radius 3 is 2.83 bits per heavy atom. The molecule has 1 aromatic carbocycles. The minimum Gasteiger partial charge on any atom is -0.296 e. The number of carbonyl (C=O) groups excluding carboxylic acids is 1. The Labute approximate surface area is 114 Å².